The van der Waals surface area contributed by atoms with Gasteiger partial charge in [-0.3, -0.25) is 9.69 Å². The number of hydrogen-bond donors (Lipinski definition) is 0. The first kappa shape index (κ1) is 23.6. The van der Waals surface area contributed by atoms with Crippen molar-refractivity contribution >= 4 is 32.0 Å². The quantitative estimate of drug-likeness (QED) is 0.234. The van der Waals surface area contributed by atoms with Crippen molar-refractivity contribution < 1.29 is 23.5 Å². The van der Waals surface area contributed by atoms with Gasteiger partial charge in [0.05, 0.1) is 18.1 Å². The Hall–Kier alpha value is -1.09. The molecule has 30 heavy (non-hydrogen) atoms. The summed E-state index contributed by atoms with van der Waals surface area (Å²) in [5, 5.41) is -0.0612. The molecule has 0 radical (unpaired) electrons. The smallest absolute Gasteiger partial charge is 0.356 e. The molecule has 0 spiro atoms. The van der Waals surface area contributed by atoms with Crippen LogP contribution in [-0.2, 0) is 23.5 Å². The van der Waals surface area contributed by atoms with E-state index in [-0.39, 0.29) is 41.1 Å². The third-order valence-electron chi connectivity index (χ3n) is 6.61. The van der Waals surface area contributed by atoms with Crippen molar-refractivity contribution in [1.29, 1.82) is 0 Å². The maximum absolute atomic E-state index is 13.3. The van der Waals surface area contributed by atoms with Gasteiger partial charge in [0, 0.05) is 11.5 Å². The van der Waals surface area contributed by atoms with Gasteiger partial charge >= 0.3 is 5.97 Å². The highest BCUT2D eigenvalue weighted by molar-refractivity contribution is 8.04. The first-order chi connectivity index (χ1) is 14.0. The molecule has 168 valence electrons. The third-order valence-corrected chi connectivity index (χ3v) is 12.6. The van der Waals surface area contributed by atoms with E-state index in [1.807, 2.05) is 0 Å². The zero-order valence-electron chi connectivity index (χ0n) is 19.0. The number of amides is 1. The van der Waals surface area contributed by atoms with Gasteiger partial charge in [0.15, 0.2) is 8.32 Å². The summed E-state index contributed by atoms with van der Waals surface area (Å²) in [6.07, 6.45) is 3.82. The molecule has 2 saturated heterocycles. The molecule has 0 bridgehead atoms. The summed E-state index contributed by atoms with van der Waals surface area (Å²) in [6, 6.07) is 0. The number of hydrogen-bond acceptors (Lipinski definition) is 6. The number of esters is 1. The molecule has 0 N–H and O–H groups in total. The lowest BCUT2D eigenvalue weighted by atomic mass is 9.89. The number of thioether (sulfide) groups is 1. The van der Waals surface area contributed by atoms with Crippen LogP contribution in [0.25, 0.3) is 0 Å². The molecular formula is C22H35NO5SSi. The van der Waals surface area contributed by atoms with E-state index in [1.165, 1.54) is 6.08 Å². The van der Waals surface area contributed by atoms with E-state index in [0.29, 0.717) is 12.3 Å². The summed E-state index contributed by atoms with van der Waals surface area (Å²) in [4.78, 5) is 28.5. The van der Waals surface area contributed by atoms with Crippen LogP contribution in [0.5, 0.6) is 0 Å². The zero-order valence-corrected chi connectivity index (χ0v) is 20.8. The molecule has 0 aromatic carbocycles. The Bertz CT molecular complexity index is 738. The summed E-state index contributed by atoms with van der Waals surface area (Å²) in [6.45, 7) is 17.5. The normalized spacial score (nSPS) is 27.7. The van der Waals surface area contributed by atoms with Crippen molar-refractivity contribution in [3.8, 4) is 0 Å². The van der Waals surface area contributed by atoms with Gasteiger partial charge in [-0.15, -0.1) is 0 Å². The minimum Gasteiger partial charge on any atom is -0.457 e. The Morgan fingerprint density at radius 2 is 2.13 bits per heavy atom. The molecule has 0 unspecified atom stereocenters. The second kappa shape index (κ2) is 8.80. The van der Waals surface area contributed by atoms with Crippen molar-refractivity contribution in [1.82, 2.24) is 4.90 Å². The Morgan fingerprint density at radius 3 is 2.67 bits per heavy atom. The molecule has 8 heteroatoms. The van der Waals surface area contributed by atoms with Gasteiger partial charge in [0.25, 0.3) is 0 Å². The van der Waals surface area contributed by atoms with Gasteiger partial charge < -0.3 is 13.9 Å². The maximum atomic E-state index is 13.3. The van der Waals surface area contributed by atoms with Crippen LogP contribution in [0, 0.1) is 5.92 Å². The monoisotopic (exact) mass is 453 g/mol. The fraction of sp³-hybridized carbons (Fsp3) is 0.727. The predicted molar refractivity (Wildman–Crippen MR) is 121 cm³/mol. The summed E-state index contributed by atoms with van der Waals surface area (Å²) in [5.74, 6) is -0.771. The van der Waals surface area contributed by atoms with Crippen molar-refractivity contribution in [2.45, 2.75) is 82.7 Å². The standard InChI is InChI=1S/C22H35NO5SSi/c1-8-12-27-21(25)17-18(15-11-10-13-26-15)29-20-16(19(24)23(17)20)14(9-2)28-30(6,7)22(3,4)5/h8,14-16,20H,1,9-13H2,2-7H3/t14-,15-,16+,20-/m1/s1. The zero-order chi connectivity index (χ0) is 22.3. The molecule has 3 aliphatic rings. The van der Waals surface area contributed by atoms with E-state index in [9.17, 15) is 9.59 Å². The Balaban J connectivity index is 1.84. The Labute approximate surface area is 185 Å². The van der Waals surface area contributed by atoms with Crippen LogP contribution >= 0.6 is 11.8 Å². The first-order valence-electron chi connectivity index (χ1n) is 10.8. The molecule has 0 aromatic heterocycles. The molecule has 6 nitrogen and oxygen atoms in total. The van der Waals surface area contributed by atoms with Crippen LogP contribution in [-0.4, -0.2) is 55.9 Å². The number of carbonyl (C=O) groups is 2. The van der Waals surface area contributed by atoms with Crippen LogP contribution in [0.1, 0.15) is 47.0 Å². The number of nitrogens with zero attached hydrogens (tertiary/aromatic N) is 1. The number of ether oxygens (including phenoxy) is 2. The van der Waals surface area contributed by atoms with E-state index in [2.05, 4.69) is 47.4 Å². The van der Waals surface area contributed by atoms with Gasteiger partial charge in [-0.05, 0) is 37.4 Å². The minimum absolute atomic E-state index is 0.0448. The summed E-state index contributed by atoms with van der Waals surface area (Å²) >= 11 is 1.59. The second-order valence-corrected chi connectivity index (χ2v) is 15.6. The van der Waals surface area contributed by atoms with Crippen molar-refractivity contribution in [2.24, 2.45) is 5.92 Å². The molecule has 3 rings (SSSR count). The van der Waals surface area contributed by atoms with Gasteiger partial charge in [-0.25, -0.2) is 4.79 Å². The molecule has 2 fully saturated rings. The average Bonchev–Trinajstić information content (AvgIpc) is 3.30. The van der Waals surface area contributed by atoms with Crippen LogP contribution in [0.4, 0.5) is 0 Å². The van der Waals surface area contributed by atoms with Crippen LogP contribution < -0.4 is 0 Å². The fourth-order valence-corrected chi connectivity index (χ4v) is 6.95. The van der Waals surface area contributed by atoms with Gasteiger partial charge in [-0.1, -0.05) is 52.1 Å². The highest BCUT2D eigenvalue weighted by Gasteiger charge is 2.60. The molecule has 3 heterocycles. The number of rotatable bonds is 8. The molecule has 0 saturated carbocycles. The van der Waals surface area contributed by atoms with E-state index in [1.54, 1.807) is 16.7 Å². The Kier molecular flexibility index (Phi) is 6.92. The second-order valence-electron chi connectivity index (χ2n) is 9.67. The minimum atomic E-state index is -2.03. The lowest BCUT2D eigenvalue weighted by Crippen LogP contribution is -2.63. The maximum Gasteiger partial charge on any atom is 0.356 e. The molecule has 0 aromatic rings. The van der Waals surface area contributed by atoms with Gasteiger partial charge in [0.1, 0.15) is 17.7 Å². The van der Waals surface area contributed by atoms with Crippen LogP contribution in [0.2, 0.25) is 18.1 Å². The van der Waals surface area contributed by atoms with E-state index in [4.69, 9.17) is 13.9 Å². The SMILES string of the molecule is C=CCOC(=O)C1=C([C@H]2CCCO2)S[C@@H]2[C@@H]([C@@H](CC)O[Si](C)(C)C(C)(C)C)C(=O)N12. The first-order valence-corrected chi connectivity index (χ1v) is 14.6. The average molecular weight is 454 g/mol. The molecule has 1 amide bonds. The summed E-state index contributed by atoms with van der Waals surface area (Å²) in [5.41, 5.74) is 0.363. The van der Waals surface area contributed by atoms with Crippen LogP contribution in [0.15, 0.2) is 23.3 Å². The highest BCUT2D eigenvalue weighted by atomic mass is 32.2. The van der Waals surface area contributed by atoms with Gasteiger partial charge in [0.2, 0.25) is 5.91 Å². The molecule has 3 aliphatic heterocycles. The number of β-lactam (4-membered cyclic amide) rings is 1. The highest BCUT2D eigenvalue weighted by Crippen LogP contribution is 2.54. The number of carbonyl (C=O) groups excluding carboxylic acids is 2. The van der Waals surface area contributed by atoms with Crippen molar-refractivity contribution in [3.63, 3.8) is 0 Å². The third kappa shape index (κ3) is 4.16. The summed E-state index contributed by atoms with van der Waals surface area (Å²) < 4.78 is 17.8. The lowest BCUT2D eigenvalue weighted by molar-refractivity contribution is -0.158. The molecule has 0 aliphatic carbocycles. The topological polar surface area (TPSA) is 65.1 Å². The summed E-state index contributed by atoms with van der Waals surface area (Å²) in [7, 11) is -2.03. The Morgan fingerprint density at radius 1 is 1.43 bits per heavy atom. The number of fused-ring (bicyclic) bond motifs is 1. The molecular weight excluding hydrogens is 418 g/mol. The van der Waals surface area contributed by atoms with Crippen molar-refractivity contribution in [2.75, 3.05) is 13.2 Å². The van der Waals surface area contributed by atoms with E-state index in [0.717, 1.165) is 24.2 Å². The lowest BCUT2D eigenvalue weighted by Gasteiger charge is -2.49. The fourth-order valence-electron chi connectivity index (χ4n) is 3.88. The van der Waals surface area contributed by atoms with Crippen molar-refractivity contribution in [3.05, 3.63) is 23.3 Å². The van der Waals surface area contributed by atoms with E-state index >= 15 is 0 Å². The van der Waals surface area contributed by atoms with Crippen LogP contribution in [0.3, 0.4) is 0 Å². The largest absolute Gasteiger partial charge is 0.457 e. The van der Waals surface area contributed by atoms with Gasteiger partial charge in [-0.2, -0.15) is 0 Å². The molecule has 4 atom stereocenters. The van der Waals surface area contributed by atoms with E-state index < -0.39 is 14.3 Å². The predicted octanol–water partition coefficient (Wildman–Crippen LogP) is 4.44.